The molecule has 2 rings (SSSR count). The molecule has 0 atom stereocenters. The standard InChI is InChI=1S/C19H22O3/c1-19(2,3)15-10-11-17(22-13-21-4)16(12-15)18(20)14-8-6-5-7-9-14/h5-12H,13H2,1-4H3. The van der Waals surface area contributed by atoms with E-state index in [-0.39, 0.29) is 18.0 Å². The summed E-state index contributed by atoms with van der Waals surface area (Å²) in [4.78, 5) is 12.8. The van der Waals surface area contributed by atoms with Crippen molar-refractivity contribution in [3.63, 3.8) is 0 Å². The zero-order valence-electron chi connectivity index (χ0n) is 13.6. The summed E-state index contributed by atoms with van der Waals surface area (Å²) in [7, 11) is 1.56. The predicted octanol–water partition coefficient (Wildman–Crippen LogP) is 4.20. The lowest BCUT2D eigenvalue weighted by Crippen LogP contribution is -2.14. The third kappa shape index (κ3) is 3.74. The van der Waals surface area contributed by atoms with E-state index in [0.29, 0.717) is 16.9 Å². The van der Waals surface area contributed by atoms with Crippen LogP contribution >= 0.6 is 0 Å². The number of ketones is 1. The summed E-state index contributed by atoms with van der Waals surface area (Å²) in [5.41, 5.74) is 2.27. The number of hydrogen-bond acceptors (Lipinski definition) is 3. The smallest absolute Gasteiger partial charge is 0.196 e. The van der Waals surface area contributed by atoms with Crippen molar-refractivity contribution in [3.05, 3.63) is 65.2 Å². The number of carbonyl (C=O) groups is 1. The summed E-state index contributed by atoms with van der Waals surface area (Å²) < 4.78 is 10.5. The second-order valence-electron chi connectivity index (χ2n) is 6.21. The average molecular weight is 298 g/mol. The van der Waals surface area contributed by atoms with Gasteiger partial charge in [0.1, 0.15) is 5.75 Å². The largest absolute Gasteiger partial charge is 0.467 e. The van der Waals surface area contributed by atoms with E-state index in [9.17, 15) is 4.79 Å². The SMILES string of the molecule is COCOc1ccc(C(C)(C)C)cc1C(=O)c1ccccc1. The molecule has 0 radical (unpaired) electrons. The first-order chi connectivity index (χ1) is 10.4. The van der Waals surface area contributed by atoms with Gasteiger partial charge in [-0.05, 0) is 23.1 Å². The van der Waals surface area contributed by atoms with E-state index in [0.717, 1.165) is 5.56 Å². The zero-order chi connectivity index (χ0) is 16.2. The molecule has 0 heterocycles. The van der Waals surface area contributed by atoms with Crippen molar-refractivity contribution in [1.29, 1.82) is 0 Å². The van der Waals surface area contributed by atoms with Crippen molar-refractivity contribution < 1.29 is 14.3 Å². The van der Waals surface area contributed by atoms with Crippen molar-refractivity contribution in [1.82, 2.24) is 0 Å². The minimum atomic E-state index is -0.0437. The Bertz CT molecular complexity index is 639. The molecule has 2 aromatic carbocycles. The molecule has 0 fully saturated rings. The van der Waals surface area contributed by atoms with Crippen LogP contribution in [0.15, 0.2) is 48.5 Å². The van der Waals surface area contributed by atoms with Gasteiger partial charge in [-0.15, -0.1) is 0 Å². The first-order valence-corrected chi connectivity index (χ1v) is 7.29. The minimum Gasteiger partial charge on any atom is -0.467 e. The quantitative estimate of drug-likeness (QED) is 0.613. The van der Waals surface area contributed by atoms with Gasteiger partial charge >= 0.3 is 0 Å². The van der Waals surface area contributed by atoms with Crippen LogP contribution in [0.3, 0.4) is 0 Å². The van der Waals surface area contributed by atoms with Gasteiger partial charge in [-0.3, -0.25) is 4.79 Å². The van der Waals surface area contributed by atoms with Crippen molar-refractivity contribution in [2.75, 3.05) is 13.9 Å². The summed E-state index contributed by atoms with van der Waals surface area (Å²) in [6, 6.07) is 15.0. The highest BCUT2D eigenvalue weighted by atomic mass is 16.7. The highest BCUT2D eigenvalue weighted by Crippen LogP contribution is 2.29. The molecule has 116 valence electrons. The van der Waals surface area contributed by atoms with Crippen molar-refractivity contribution in [2.45, 2.75) is 26.2 Å². The van der Waals surface area contributed by atoms with Gasteiger partial charge < -0.3 is 9.47 Å². The van der Waals surface area contributed by atoms with Gasteiger partial charge in [0.15, 0.2) is 12.6 Å². The summed E-state index contributed by atoms with van der Waals surface area (Å²) in [6.45, 7) is 6.47. The lowest BCUT2D eigenvalue weighted by Gasteiger charge is -2.21. The van der Waals surface area contributed by atoms with Crippen molar-refractivity contribution >= 4 is 5.78 Å². The number of hydrogen-bond donors (Lipinski definition) is 0. The monoisotopic (exact) mass is 298 g/mol. The number of rotatable bonds is 5. The molecule has 22 heavy (non-hydrogen) atoms. The van der Waals surface area contributed by atoms with Gasteiger partial charge in [-0.2, -0.15) is 0 Å². The highest BCUT2D eigenvalue weighted by molar-refractivity contribution is 6.10. The fraction of sp³-hybridized carbons (Fsp3) is 0.316. The van der Waals surface area contributed by atoms with E-state index in [1.165, 1.54) is 0 Å². The summed E-state index contributed by atoms with van der Waals surface area (Å²) in [6.07, 6.45) is 0. The van der Waals surface area contributed by atoms with E-state index in [4.69, 9.17) is 9.47 Å². The van der Waals surface area contributed by atoms with E-state index in [2.05, 4.69) is 20.8 Å². The van der Waals surface area contributed by atoms with E-state index >= 15 is 0 Å². The molecule has 0 amide bonds. The molecule has 0 saturated heterocycles. The maximum Gasteiger partial charge on any atom is 0.196 e. The Balaban J connectivity index is 2.47. The molecular formula is C19H22O3. The van der Waals surface area contributed by atoms with Crippen LogP contribution in [-0.4, -0.2) is 19.7 Å². The molecule has 0 unspecified atom stereocenters. The average Bonchev–Trinajstić information content (AvgIpc) is 2.52. The first-order valence-electron chi connectivity index (χ1n) is 7.29. The Morgan fingerprint density at radius 3 is 2.32 bits per heavy atom. The second-order valence-corrected chi connectivity index (χ2v) is 6.21. The molecule has 0 aliphatic carbocycles. The van der Waals surface area contributed by atoms with Gasteiger partial charge in [0, 0.05) is 12.7 Å². The second kappa shape index (κ2) is 6.75. The molecule has 3 nitrogen and oxygen atoms in total. The Kier molecular flexibility index (Phi) is 4.99. The van der Waals surface area contributed by atoms with E-state index < -0.39 is 0 Å². The maximum absolute atomic E-state index is 12.8. The lowest BCUT2D eigenvalue weighted by molar-refractivity contribution is 0.0503. The van der Waals surface area contributed by atoms with Gasteiger partial charge in [-0.1, -0.05) is 57.2 Å². The fourth-order valence-electron chi connectivity index (χ4n) is 2.17. The van der Waals surface area contributed by atoms with Crippen molar-refractivity contribution in [2.24, 2.45) is 0 Å². The maximum atomic E-state index is 12.8. The van der Waals surface area contributed by atoms with Crippen LogP contribution in [0.2, 0.25) is 0 Å². The number of ether oxygens (including phenoxy) is 2. The number of benzene rings is 2. The van der Waals surface area contributed by atoms with Crippen LogP contribution < -0.4 is 4.74 Å². The summed E-state index contributed by atoms with van der Waals surface area (Å²) in [5, 5.41) is 0. The van der Waals surface area contributed by atoms with Crippen LogP contribution in [0, 0.1) is 0 Å². The third-order valence-electron chi connectivity index (χ3n) is 3.46. The van der Waals surface area contributed by atoms with Crippen LogP contribution in [-0.2, 0) is 10.2 Å². The molecular weight excluding hydrogens is 276 g/mol. The van der Waals surface area contributed by atoms with Gasteiger partial charge in [-0.25, -0.2) is 0 Å². The van der Waals surface area contributed by atoms with Gasteiger partial charge in [0.25, 0.3) is 0 Å². The fourth-order valence-corrected chi connectivity index (χ4v) is 2.17. The normalized spacial score (nSPS) is 11.3. The molecule has 0 spiro atoms. The molecule has 0 aromatic heterocycles. The molecule has 3 heteroatoms. The lowest BCUT2D eigenvalue weighted by atomic mass is 9.85. The highest BCUT2D eigenvalue weighted by Gasteiger charge is 2.20. The Labute approximate surface area is 131 Å². The molecule has 0 aliphatic heterocycles. The number of methoxy groups -OCH3 is 1. The van der Waals surface area contributed by atoms with Crippen LogP contribution in [0.4, 0.5) is 0 Å². The van der Waals surface area contributed by atoms with Gasteiger partial charge in [0.05, 0.1) is 5.56 Å². The molecule has 2 aromatic rings. The first kappa shape index (κ1) is 16.2. The molecule has 0 bridgehead atoms. The number of carbonyl (C=O) groups excluding carboxylic acids is 1. The minimum absolute atomic E-state index is 0.0362. The zero-order valence-corrected chi connectivity index (χ0v) is 13.6. The Morgan fingerprint density at radius 1 is 1.05 bits per heavy atom. The molecule has 0 N–H and O–H groups in total. The Morgan fingerprint density at radius 2 is 1.73 bits per heavy atom. The topological polar surface area (TPSA) is 35.5 Å². The van der Waals surface area contributed by atoms with Gasteiger partial charge in [0.2, 0.25) is 0 Å². The predicted molar refractivity (Wildman–Crippen MR) is 87.5 cm³/mol. The summed E-state index contributed by atoms with van der Waals surface area (Å²) in [5.74, 6) is 0.501. The van der Waals surface area contributed by atoms with Crippen LogP contribution in [0.1, 0.15) is 42.3 Å². The molecule has 0 aliphatic rings. The Hall–Kier alpha value is -2.13. The summed E-state index contributed by atoms with van der Waals surface area (Å²) >= 11 is 0. The van der Waals surface area contributed by atoms with Crippen LogP contribution in [0.25, 0.3) is 0 Å². The third-order valence-corrected chi connectivity index (χ3v) is 3.46. The molecule has 0 saturated carbocycles. The van der Waals surface area contributed by atoms with Crippen LogP contribution in [0.5, 0.6) is 5.75 Å². The van der Waals surface area contributed by atoms with E-state index in [1.807, 2.05) is 48.5 Å². The van der Waals surface area contributed by atoms with Crippen molar-refractivity contribution in [3.8, 4) is 5.75 Å². The van der Waals surface area contributed by atoms with E-state index in [1.54, 1.807) is 7.11 Å².